The van der Waals surface area contributed by atoms with Crippen LogP contribution in [0.2, 0.25) is 0 Å². The van der Waals surface area contributed by atoms with Crippen molar-refractivity contribution in [1.29, 1.82) is 0 Å². The van der Waals surface area contributed by atoms with Gasteiger partial charge in [-0.2, -0.15) is 0 Å². The maximum Gasteiger partial charge on any atom is 0.339 e. The molecule has 0 aliphatic carbocycles. The van der Waals surface area contributed by atoms with Crippen molar-refractivity contribution in [2.45, 2.75) is 6.61 Å². The predicted molar refractivity (Wildman–Crippen MR) is 73.0 cm³/mol. The second kappa shape index (κ2) is 5.91. The molecule has 2 N–H and O–H groups in total. The zero-order valence-electron chi connectivity index (χ0n) is 10.6. The third-order valence-corrected chi connectivity index (χ3v) is 2.67. The topological polar surface area (TPSA) is 61.5 Å². The van der Waals surface area contributed by atoms with Crippen molar-refractivity contribution in [2.75, 3.05) is 12.8 Å². The molecule has 0 bridgehead atoms. The first-order valence-electron chi connectivity index (χ1n) is 5.85. The lowest BCUT2D eigenvalue weighted by Gasteiger charge is -2.08. The largest absolute Gasteiger partial charge is 0.489 e. The third kappa shape index (κ3) is 3.25. The van der Waals surface area contributed by atoms with Crippen LogP contribution in [0.3, 0.4) is 0 Å². The Hall–Kier alpha value is -2.49. The summed E-state index contributed by atoms with van der Waals surface area (Å²) in [5.74, 6) is 0.353. The summed E-state index contributed by atoms with van der Waals surface area (Å²) in [5.41, 5.74) is 7.46. The summed E-state index contributed by atoms with van der Waals surface area (Å²) in [6.07, 6.45) is 0. The van der Waals surface area contributed by atoms with Crippen LogP contribution >= 0.6 is 0 Å². The van der Waals surface area contributed by atoms with Gasteiger partial charge in [0.15, 0.2) is 0 Å². The highest BCUT2D eigenvalue weighted by molar-refractivity contribution is 5.95. The first-order valence-corrected chi connectivity index (χ1v) is 5.85. The number of benzene rings is 2. The van der Waals surface area contributed by atoms with Crippen LogP contribution in [0.1, 0.15) is 15.9 Å². The Morgan fingerprint density at radius 3 is 2.53 bits per heavy atom. The number of nitrogens with two attached hydrogens (primary N) is 1. The summed E-state index contributed by atoms with van der Waals surface area (Å²) in [7, 11) is 1.33. The number of hydrogen-bond donors (Lipinski definition) is 1. The number of hydrogen-bond acceptors (Lipinski definition) is 4. The molecular formula is C15H15NO3. The number of nitrogen functional groups attached to an aromatic ring is 1. The predicted octanol–water partition coefficient (Wildman–Crippen LogP) is 2.63. The first kappa shape index (κ1) is 13.0. The Morgan fingerprint density at radius 1 is 1.16 bits per heavy atom. The van der Waals surface area contributed by atoms with E-state index in [1.54, 1.807) is 18.2 Å². The van der Waals surface area contributed by atoms with Gasteiger partial charge in [0.2, 0.25) is 0 Å². The van der Waals surface area contributed by atoms with E-state index in [1.165, 1.54) is 7.11 Å². The minimum absolute atomic E-state index is 0.367. The van der Waals surface area contributed by atoms with E-state index in [1.807, 2.05) is 30.3 Å². The molecule has 2 aromatic carbocycles. The van der Waals surface area contributed by atoms with E-state index in [2.05, 4.69) is 4.74 Å². The molecule has 98 valence electrons. The fraction of sp³-hybridized carbons (Fsp3) is 0.133. The highest BCUT2D eigenvalue weighted by atomic mass is 16.5. The molecule has 0 saturated heterocycles. The van der Waals surface area contributed by atoms with Gasteiger partial charge in [0.05, 0.1) is 12.7 Å². The minimum Gasteiger partial charge on any atom is -0.489 e. The third-order valence-electron chi connectivity index (χ3n) is 2.67. The van der Waals surface area contributed by atoms with E-state index in [4.69, 9.17) is 10.5 Å². The fourth-order valence-electron chi connectivity index (χ4n) is 1.68. The van der Waals surface area contributed by atoms with E-state index < -0.39 is 5.97 Å². The van der Waals surface area contributed by atoms with E-state index >= 15 is 0 Å². The number of carbonyl (C=O) groups is 1. The molecule has 19 heavy (non-hydrogen) atoms. The molecule has 0 amide bonds. The van der Waals surface area contributed by atoms with Gasteiger partial charge in [-0.1, -0.05) is 24.3 Å². The summed E-state index contributed by atoms with van der Waals surface area (Å²) >= 11 is 0. The second-order valence-corrected chi connectivity index (χ2v) is 4.01. The van der Waals surface area contributed by atoms with Crippen molar-refractivity contribution in [1.82, 2.24) is 0 Å². The molecule has 0 aromatic heterocycles. The van der Waals surface area contributed by atoms with E-state index in [9.17, 15) is 4.79 Å². The van der Waals surface area contributed by atoms with Crippen LogP contribution in [-0.4, -0.2) is 13.1 Å². The normalized spacial score (nSPS) is 9.95. The average Bonchev–Trinajstić information content (AvgIpc) is 2.45. The van der Waals surface area contributed by atoms with Crippen LogP contribution in [0.4, 0.5) is 5.69 Å². The van der Waals surface area contributed by atoms with Gasteiger partial charge >= 0.3 is 5.97 Å². The Kier molecular flexibility index (Phi) is 4.03. The summed E-state index contributed by atoms with van der Waals surface area (Å²) < 4.78 is 10.2. The summed E-state index contributed by atoms with van der Waals surface area (Å²) in [6.45, 7) is 0.398. The monoisotopic (exact) mass is 257 g/mol. The molecule has 4 heteroatoms. The summed E-state index contributed by atoms with van der Waals surface area (Å²) in [5, 5.41) is 0. The van der Waals surface area contributed by atoms with Crippen LogP contribution in [0, 0.1) is 0 Å². The standard InChI is InChI=1S/C15H15NO3/c1-18-15(17)13-8-7-11(9-14(13)16)10-19-12-5-3-2-4-6-12/h2-9H,10,16H2,1H3. The zero-order chi connectivity index (χ0) is 13.7. The van der Waals surface area contributed by atoms with Gasteiger partial charge in [0.25, 0.3) is 0 Å². The Labute approximate surface area is 111 Å². The molecule has 0 aliphatic heterocycles. The van der Waals surface area contributed by atoms with Gasteiger partial charge in [0.1, 0.15) is 12.4 Å². The van der Waals surface area contributed by atoms with E-state index in [0.29, 0.717) is 17.9 Å². The zero-order valence-corrected chi connectivity index (χ0v) is 10.6. The van der Waals surface area contributed by atoms with Gasteiger partial charge < -0.3 is 15.2 Å². The van der Waals surface area contributed by atoms with Gasteiger partial charge in [-0.15, -0.1) is 0 Å². The molecule has 0 atom stereocenters. The maximum absolute atomic E-state index is 11.4. The molecule has 0 aliphatic rings. The Balaban J connectivity index is 2.06. The highest BCUT2D eigenvalue weighted by Gasteiger charge is 2.10. The van der Waals surface area contributed by atoms with Crippen molar-refractivity contribution >= 4 is 11.7 Å². The lowest BCUT2D eigenvalue weighted by atomic mass is 10.1. The second-order valence-electron chi connectivity index (χ2n) is 4.01. The Bertz CT molecular complexity index is 567. The number of ether oxygens (including phenoxy) is 2. The van der Waals surface area contributed by atoms with Gasteiger partial charge in [-0.25, -0.2) is 4.79 Å². The number of esters is 1. The highest BCUT2D eigenvalue weighted by Crippen LogP contribution is 2.17. The van der Waals surface area contributed by atoms with Crippen molar-refractivity contribution in [2.24, 2.45) is 0 Å². The number of rotatable bonds is 4. The Morgan fingerprint density at radius 2 is 1.89 bits per heavy atom. The molecule has 4 nitrogen and oxygen atoms in total. The summed E-state index contributed by atoms with van der Waals surface area (Å²) in [6, 6.07) is 14.7. The maximum atomic E-state index is 11.4. The molecule has 0 radical (unpaired) electrons. The van der Waals surface area contributed by atoms with Gasteiger partial charge in [-0.3, -0.25) is 0 Å². The lowest BCUT2D eigenvalue weighted by molar-refractivity contribution is 0.0602. The van der Waals surface area contributed by atoms with Gasteiger partial charge in [0, 0.05) is 5.69 Å². The van der Waals surface area contributed by atoms with Gasteiger partial charge in [-0.05, 0) is 29.8 Å². The molecular weight excluding hydrogens is 242 g/mol. The average molecular weight is 257 g/mol. The van der Waals surface area contributed by atoms with Crippen molar-refractivity contribution in [3.63, 3.8) is 0 Å². The quantitative estimate of drug-likeness (QED) is 0.675. The molecule has 2 aromatic rings. The first-order chi connectivity index (χ1) is 9.20. The molecule has 0 saturated carbocycles. The van der Waals surface area contributed by atoms with Crippen molar-refractivity contribution in [3.8, 4) is 5.75 Å². The van der Waals surface area contributed by atoms with Crippen LogP contribution in [0.15, 0.2) is 48.5 Å². The number of methoxy groups -OCH3 is 1. The molecule has 0 fully saturated rings. The molecule has 0 unspecified atom stereocenters. The molecule has 0 heterocycles. The smallest absolute Gasteiger partial charge is 0.339 e. The van der Waals surface area contributed by atoms with Crippen LogP contribution in [-0.2, 0) is 11.3 Å². The van der Waals surface area contributed by atoms with Crippen molar-refractivity contribution < 1.29 is 14.3 Å². The van der Waals surface area contributed by atoms with Crippen LogP contribution < -0.4 is 10.5 Å². The molecule has 2 rings (SSSR count). The summed E-state index contributed by atoms with van der Waals surface area (Å²) in [4.78, 5) is 11.4. The van der Waals surface area contributed by atoms with E-state index in [0.717, 1.165) is 11.3 Å². The minimum atomic E-state index is -0.437. The van der Waals surface area contributed by atoms with E-state index in [-0.39, 0.29) is 0 Å². The fourth-order valence-corrected chi connectivity index (χ4v) is 1.68. The van der Waals surface area contributed by atoms with Crippen molar-refractivity contribution in [3.05, 3.63) is 59.7 Å². The van der Waals surface area contributed by atoms with Crippen LogP contribution in [0.5, 0.6) is 5.75 Å². The number of anilines is 1. The molecule has 0 spiro atoms. The lowest BCUT2D eigenvalue weighted by Crippen LogP contribution is -2.06. The van der Waals surface area contributed by atoms with Crippen LogP contribution in [0.25, 0.3) is 0 Å². The SMILES string of the molecule is COC(=O)c1ccc(COc2ccccc2)cc1N. The number of para-hydroxylation sites is 1. The number of carbonyl (C=O) groups excluding carboxylic acids is 1.